The van der Waals surface area contributed by atoms with Gasteiger partial charge in [-0.2, -0.15) is 4.48 Å². The van der Waals surface area contributed by atoms with Crippen LogP contribution in [0.4, 0.5) is 4.79 Å². The number of imide groups is 1. The SMILES string of the molecule is CCO[C@@]1(NC(=O)[N+]2(C(=O)[C@H](Cc3cscn3)NC(=O)c3cccc(OC)c3C)CCCC2)OCCC1=O. The van der Waals surface area contributed by atoms with E-state index in [2.05, 4.69) is 15.6 Å². The lowest BCUT2D eigenvalue weighted by Gasteiger charge is -2.35. The number of nitrogens with one attached hydrogen (secondary N) is 2. The van der Waals surface area contributed by atoms with E-state index in [-0.39, 0.29) is 39.1 Å². The molecule has 12 heteroatoms. The van der Waals surface area contributed by atoms with Crippen LogP contribution in [-0.4, -0.2) is 78.5 Å². The first-order chi connectivity index (χ1) is 18.3. The summed E-state index contributed by atoms with van der Waals surface area (Å²) in [6.07, 6.45) is 1.46. The van der Waals surface area contributed by atoms with Crippen molar-refractivity contribution < 1.29 is 37.9 Å². The van der Waals surface area contributed by atoms with E-state index in [0.29, 0.717) is 35.4 Å². The summed E-state index contributed by atoms with van der Waals surface area (Å²) in [6, 6.07) is 3.36. The molecule has 4 amide bonds. The Balaban J connectivity index is 1.65. The van der Waals surface area contributed by atoms with Crippen LogP contribution < -0.4 is 15.4 Å². The number of carbonyl (C=O) groups excluding carboxylic acids is 4. The van der Waals surface area contributed by atoms with Crippen molar-refractivity contribution in [3.63, 3.8) is 0 Å². The molecule has 0 bridgehead atoms. The number of thiazole rings is 1. The topological polar surface area (TPSA) is 133 Å². The maximum atomic E-state index is 14.2. The fourth-order valence-electron chi connectivity index (χ4n) is 5.01. The number of likely N-dealkylation sites (tertiary alicyclic amines) is 1. The van der Waals surface area contributed by atoms with Gasteiger partial charge in [0.2, 0.25) is 5.78 Å². The summed E-state index contributed by atoms with van der Waals surface area (Å²) in [4.78, 5) is 58.3. The lowest BCUT2D eigenvalue weighted by molar-refractivity contribution is -0.762. The monoisotopic (exact) mass is 545 g/mol. The Labute approximate surface area is 225 Å². The van der Waals surface area contributed by atoms with Crippen molar-refractivity contribution in [2.75, 3.05) is 33.4 Å². The van der Waals surface area contributed by atoms with Crippen molar-refractivity contribution in [1.29, 1.82) is 0 Å². The normalized spacial score (nSPS) is 21.2. The largest absolute Gasteiger partial charge is 0.496 e. The summed E-state index contributed by atoms with van der Waals surface area (Å²) in [7, 11) is 1.52. The number of Topliss-reactive ketones (excluding diaryl/α,β-unsaturated/α-hetero) is 1. The number of hydrogen-bond donors (Lipinski definition) is 2. The zero-order chi connectivity index (χ0) is 27.3. The van der Waals surface area contributed by atoms with Gasteiger partial charge < -0.3 is 19.5 Å². The summed E-state index contributed by atoms with van der Waals surface area (Å²) in [5, 5.41) is 7.26. The van der Waals surface area contributed by atoms with Gasteiger partial charge in [0.05, 0.1) is 38.0 Å². The van der Waals surface area contributed by atoms with Crippen LogP contribution in [0.1, 0.15) is 47.8 Å². The smallest absolute Gasteiger partial charge is 0.428 e. The standard InChI is InChI=1S/C26H32N4O7S/c1-4-36-26(22(31)10-13-37-26)29-25(34)30(11-5-6-12-30)24(33)20(14-18-15-38-16-27-18)28-23(32)19-8-7-9-21(35-3)17(19)2/h7-9,15-16,20H,4-6,10-14H2,1-3H3,(H-,28,29,32,34)/p+1/t20-,26+/m0/s1. The molecule has 0 saturated carbocycles. The number of methoxy groups -OCH3 is 1. The molecule has 0 aliphatic carbocycles. The number of nitrogens with zero attached hydrogens (tertiary/aromatic N) is 2. The minimum atomic E-state index is -1.91. The van der Waals surface area contributed by atoms with E-state index >= 15 is 0 Å². The van der Waals surface area contributed by atoms with Crippen LogP contribution >= 0.6 is 11.3 Å². The molecule has 2 aliphatic rings. The van der Waals surface area contributed by atoms with Gasteiger partial charge >= 0.3 is 17.8 Å². The van der Waals surface area contributed by atoms with Crippen LogP contribution in [0.2, 0.25) is 0 Å². The molecule has 2 saturated heterocycles. The molecule has 3 heterocycles. The quantitative estimate of drug-likeness (QED) is 0.362. The first-order valence-corrected chi connectivity index (χ1v) is 13.6. The van der Waals surface area contributed by atoms with Crippen molar-refractivity contribution in [2.45, 2.75) is 51.5 Å². The molecule has 204 valence electrons. The molecule has 2 aromatic rings. The lowest BCUT2D eigenvalue weighted by atomic mass is 10.0. The first-order valence-electron chi connectivity index (χ1n) is 12.6. The molecule has 38 heavy (non-hydrogen) atoms. The van der Waals surface area contributed by atoms with Crippen LogP contribution in [0, 0.1) is 6.92 Å². The fraction of sp³-hybridized carbons (Fsp3) is 0.500. The van der Waals surface area contributed by atoms with Crippen molar-refractivity contribution in [3.05, 3.63) is 45.9 Å². The highest BCUT2D eigenvalue weighted by Crippen LogP contribution is 2.28. The van der Waals surface area contributed by atoms with E-state index in [1.807, 2.05) is 0 Å². The Bertz CT molecular complexity index is 1200. The van der Waals surface area contributed by atoms with Gasteiger partial charge in [0.25, 0.3) is 5.91 Å². The summed E-state index contributed by atoms with van der Waals surface area (Å²) in [5.74, 6) is -2.72. The van der Waals surface area contributed by atoms with Crippen molar-refractivity contribution in [2.24, 2.45) is 0 Å². The van der Waals surface area contributed by atoms with Crippen LogP contribution in [0.5, 0.6) is 5.75 Å². The van der Waals surface area contributed by atoms with Crippen molar-refractivity contribution in [3.8, 4) is 5.75 Å². The van der Waals surface area contributed by atoms with E-state index in [9.17, 15) is 19.2 Å². The summed E-state index contributed by atoms with van der Waals surface area (Å²) in [5.41, 5.74) is 3.25. The van der Waals surface area contributed by atoms with Crippen molar-refractivity contribution in [1.82, 2.24) is 15.6 Å². The molecule has 11 nitrogen and oxygen atoms in total. The number of carbonyl (C=O) groups is 4. The Hall–Kier alpha value is -3.19. The highest BCUT2D eigenvalue weighted by molar-refractivity contribution is 7.07. The third kappa shape index (κ3) is 5.35. The molecule has 2 aliphatic heterocycles. The predicted octanol–water partition coefficient (Wildman–Crippen LogP) is 2.33. The molecule has 1 aromatic carbocycles. The maximum Gasteiger partial charge on any atom is 0.428 e. The molecule has 1 aromatic heterocycles. The average molecular weight is 546 g/mol. The lowest BCUT2D eigenvalue weighted by Crippen LogP contribution is -2.69. The van der Waals surface area contributed by atoms with Gasteiger partial charge in [0.1, 0.15) is 5.75 Å². The first kappa shape index (κ1) is 27.8. The number of ether oxygens (including phenoxy) is 3. The molecule has 2 N–H and O–H groups in total. The van der Waals surface area contributed by atoms with Crippen LogP contribution in [0.15, 0.2) is 29.1 Å². The molecular formula is C26H33N4O7S+. The molecule has 2 atom stereocenters. The van der Waals surface area contributed by atoms with Gasteiger partial charge in [0, 0.05) is 48.8 Å². The van der Waals surface area contributed by atoms with Crippen LogP contribution in [0.25, 0.3) is 0 Å². The molecule has 4 rings (SSSR count). The fourth-order valence-corrected chi connectivity index (χ4v) is 5.58. The number of aromatic nitrogens is 1. The molecule has 2 fully saturated rings. The Morgan fingerprint density at radius 1 is 1.26 bits per heavy atom. The minimum Gasteiger partial charge on any atom is -0.496 e. The second kappa shape index (κ2) is 11.7. The number of quaternary nitrogens is 1. The second-order valence-electron chi connectivity index (χ2n) is 9.30. The van der Waals surface area contributed by atoms with Crippen molar-refractivity contribution >= 4 is 35.0 Å². The number of hydrogen-bond acceptors (Lipinski definition) is 9. The zero-order valence-electron chi connectivity index (χ0n) is 21.8. The number of urea groups is 1. The number of rotatable bonds is 9. The van der Waals surface area contributed by atoms with Crippen LogP contribution in [-0.2, 0) is 25.5 Å². The third-order valence-corrected chi connectivity index (χ3v) is 7.64. The van der Waals surface area contributed by atoms with E-state index in [0.717, 1.165) is 0 Å². The predicted molar refractivity (Wildman–Crippen MR) is 138 cm³/mol. The average Bonchev–Trinajstić information content (AvgIpc) is 3.67. The second-order valence-corrected chi connectivity index (χ2v) is 10.0. The van der Waals surface area contributed by atoms with Crippen LogP contribution in [0.3, 0.4) is 0 Å². The molecule has 0 radical (unpaired) electrons. The summed E-state index contributed by atoms with van der Waals surface area (Å²) >= 11 is 1.37. The van der Waals surface area contributed by atoms with E-state index < -0.39 is 40.1 Å². The molecular weight excluding hydrogens is 512 g/mol. The van der Waals surface area contributed by atoms with Gasteiger partial charge in [-0.25, -0.2) is 19.9 Å². The van der Waals surface area contributed by atoms with Gasteiger partial charge in [-0.1, -0.05) is 6.07 Å². The minimum absolute atomic E-state index is 0.0939. The Morgan fingerprint density at radius 2 is 2.03 bits per heavy atom. The van der Waals surface area contributed by atoms with Gasteiger partial charge in [-0.3, -0.25) is 9.59 Å². The highest BCUT2D eigenvalue weighted by atomic mass is 32.1. The Kier molecular flexibility index (Phi) is 8.56. The zero-order valence-corrected chi connectivity index (χ0v) is 22.6. The van der Waals surface area contributed by atoms with E-state index in [1.54, 1.807) is 42.9 Å². The van der Waals surface area contributed by atoms with Gasteiger partial charge in [0.15, 0.2) is 6.04 Å². The van der Waals surface area contributed by atoms with Gasteiger partial charge in [-0.05, 0) is 26.0 Å². The van der Waals surface area contributed by atoms with E-state index in [1.165, 1.54) is 18.4 Å². The summed E-state index contributed by atoms with van der Waals surface area (Å²) in [6.45, 7) is 4.14. The summed E-state index contributed by atoms with van der Waals surface area (Å²) < 4.78 is 15.8. The number of ketones is 1. The third-order valence-electron chi connectivity index (χ3n) is 7.01. The number of amides is 4. The number of benzene rings is 1. The Morgan fingerprint density at radius 3 is 2.63 bits per heavy atom. The molecule has 0 spiro atoms. The van der Waals surface area contributed by atoms with E-state index in [4.69, 9.17) is 14.2 Å². The molecule has 0 unspecified atom stereocenters. The van der Waals surface area contributed by atoms with Gasteiger partial charge in [-0.15, -0.1) is 11.3 Å². The highest BCUT2D eigenvalue weighted by Gasteiger charge is 2.56. The maximum absolute atomic E-state index is 14.2.